The minimum atomic E-state index is 0.179. The Labute approximate surface area is 118 Å². The fourth-order valence-electron chi connectivity index (χ4n) is 3.19. The van der Waals surface area contributed by atoms with E-state index in [9.17, 15) is 0 Å². The van der Waals surface area contributed by atoms with Crippen LogP contribution in [0.4, 0.5) is 5.69 Å². The van der Waals surface area contributed by atoms with E-state index in [1.807, 2.05) is 0 Å². The Kier molecular flexibility index (Phi) is 5.26. The second-order valence-electron chi connectivity index (χ2n) is 5.68. The molecule has 2 nitrogen and oxygen atoms in total. The standard InChI is InChI=1S/C17H28N2/c1-3-17(18)14-10-12-16(13-11-14)19(4-2)15-8-6-5-7-9-15/h10-13,15,17H,3-9,18H2,1-2H3/t17-/m1/s1. The third-order valence-electron chi connectivity index (χ3n) is 4.45. The van der Waals surface area contributed by atoms with Crippen LogP contribution in [0.15, 0.2) is 24.3 Å². The monoisotopic (exact) mass is 260 g/mol. The molecule has 0 amide bonds. The zero-order chi connectivity index (χ0) is 13.7. The van der Waals surface area contributed by atoms with Gasteiger partial charge in [-0.25, -0.2) is 0 Å². The van der Waals surface area contributed by atoms with Gasteiger partial charge in [0.05, 0.1) is 0 Å². The van der Waals surface area contributed by atoms with Crippen LogP contribution in [0.3, 0.4) is 0 Å². The molecule has 0 saturated heterocycles. The summed E-state index contributed by atoms with van der Waals surface area (Å²) >= 11 is 0. The number of anilines is 1. The largest absolute Gasteiger partial charge is 0.369 e. The van der Waals surface area contributed by atoms with Crippen LogP contribution < -0.4 is 10.6 Å². The Bertz CT molecular complexity index is 365. The Morgan fingerprint density at radius 1 is 1.11 bits per heavy atom. The highest BCUT2D eigenvalue weighted by atomic mass is 15.2. The third kappa shape index (κ3) is 3.50. The van der Waals surface area contributed by atoms with Gasteiger partial charge >= 0.3 is 0 Å². The fraction of sp³-hybridized carbons (Fsp3) is 0.647. The van der Waals surface area contributed by atoms with Crippen molar-refractivity contribution in [3.8, 4) is 0 Å². The lowest BCUT2D eigenvalue weighted by Gasteiger charge is -2.35. The molecular formula is C17H28N2. The van der Waals surface area contributed by atoms with Crippen molar-refractivity contribution in [2.75, 3.05) is 11.4 Å². The number of nitrogens with zero attached hydrogens (tertiary/aromatic N) is 1. The summed E-state index contributed by atoms with van der Waals surface area (Å²) < 4.78 is 0. The SMILES string of the molecule is CC[C@@H](N)c1ccc(N(CC)C2CCCCC2)cc1. The minimum absolute atomic E-state index is 0.179. The lowest BCUT2D eigenvalue weighted by Crippen LogP contribution is -2.36. The van der Waals surface area contributed by atoms with E-state index >= 15 is 0 Å². The summed E-state index contributed by atoms with van der Waals surface area (Å²) in [6, 6.07) is 9.83. The van der Waals surface area contributed by atoms with Crippen molar-refractivity contribution in [3.05, 3.63) is 29.8 Å². The van der Waals surface area contributed by atoms with Gasteiger partial charge in [-0.15, -0.1) is 0 Å². The molecule has 1 aliphatic rings. The normalized spacial score (nSPS) is 18.3. The maximum atomic E-state index is 6.08. The van der Waals surface area contributed by atoms with Gasteiger partial charge in [-0.1, -0.05) is 38.3 Å². The predicted molar refractivity (Wildman–Crippen MR) is 83.6 cm³/mol. The van der Waals surface area contributed by atoms with E-state index in [4.69, 9.17) is 5.73 Å². The van der Waals surface area contributed by atoms with Gasteiger partial charge in [0.15, 0.2) is 0 Å². The average molecular weight is 260 g/mol. The van der Waals surface area contributed by atoms with Gasteiger partial charge < -0.3 is 10.6 Å². The number of nitrogens with two attached hydrogens (primary N) is 1. The van der Waals surface area contributed by atoms with Crippen LogP contribution in [0.1, 0.15) is 64.0 Å². The molecule has 2 heteroatoms. The van der Waals surface area contributed by atoms with Crippen LogP contribution >= 0.6 is 0 Å². The Balaban J connectivity index is 2.09. The van der Waals surface area contributed by atoms with E-state index in [0.29, 0.717) is 0 Å². The molecule has 0 heterocycles. The van der Waals surface area contributed by atoms with Gasteiger partial charge in [-0.05, 0) is 43.9 Å². The zero-order valence-electron chi connectivity index (χ0n) is 12.4. The lowest BCUT2D eigenvalue weighted by atomic mass is 9.93. The number of hydrogen-bond acceptors (Lipinski definition) is 2. The Morgan fingerprint density at radius 2 is 1.74 bits per heavy atom. The number of rotatable bonds is 5. The molecule has 1 aliphatic carbocycles. The second kappa shape index (κ2) is 6.95. The topological polar surface area (TPSA) is 29.3 Å². The van der Waals surface area contributed by atoms with Crippen molar-refractivity contribution in [1.82, 2.24) is 0 Å². The molecule has 0 radical (unpaired) electrons. The molecule has 19 heavy (non-hydrogen) atoms. The second-order valence-corrected chi connectivity index (χ2v) is 5.68. The van der Waals surface area contributed by atoms with Gasteiger partial charge in [-0.2, -0.15) is 0 Å². The molecule has 1 aromatic carbocycles. The first-order valence-electron chi connectivity index (χ1n) is 7.88. The maximum Gasteiger partial charge on any atom is 0.0368 e. The van der Waals surface area contributed by atoms with Crippen LogP contribution in [-0.2, 0) is 0 Å². The van der Waals surface area contributed by atoms with Gasteiger partial charge in [0.25, 0.3) is 0 Å². The summed E-state index contributed by atoms with van der Waals surface area (Å²) in [6.07, 6.45) is 7.89. The molecule has 0 aliphatic heterocycles. The molecule has 1 saturated carbocycles. The summed E-state index contributed by atoms with van der Waals surface area (Å²) in [7, 11) is 0. The first-order valence-corrected chi connectivity index (χ1v) is 7.88. The maximum absolute atomic E-state index is 6.08. The van der Waals surface area contributed by atoms with Crippen molar-refractivity contribution < 1.29 is 0 Å². The molecule has 106 valence electrons. The van der Waals surface area contributed by atoms with Gasteiger partial charge in [0.1, 0.15) is 0 Å². The molecule has 2 N–H and O–H groups in total. The van der Waals surface area contributed by atoms with E-state index in [-0.39, 0.29) is 6.04 Å². The quantitative estimate of drug-likeness (QED) is 0.857. The third-order valence-corrected chi connectivity index (χ3v) is 4.45. The lowest BCUT2D eigenvalue weighted by molar-refractivity contribution is 0.418. The van der Waals surface area contributed by atoms with Gasteiger partial charge in [-0.3, -0.25) is 0 Å². The predicted octanol–water partition coefficient (Wildman–Crippen LogP) is 4.26. The fourth-order valence-corrected chi connectivity index (χ4v) is 3.19. The molecule has 0 spiro atoms. The number of benzene rings is 1. The van der Waals surface area contributed by atoms with Crippen molar-refractivity contribution >= 4 is 5.69 Å². The summed E-state index contributed by atoms with van der Waals surface area (Å²) in [6.45, 7) is 5.50. The van der Waals surface area contributed by atoms with E-state index < -0.39 is 0 Å². The zero-order valence-corrected chi connectivity index (χ0v) is 12.4. The highest BCUT2D eigenvalue weighted by Crippen LogP contribution is 2.28. The van der Waals surface area contributed by atoms with Crippen LogP contribution in [0.2, 0.25) is 0 Å². The van der Waals surface area contributed by atoms with Crippen LogP contribution in [-0.4, -0.2) is 12.6 Å². The molecule has 1 fully saturated rings. The minimum Gasteiger partial charge on any atom is -0.369 e. The first-order chi connectivity index (χ1) is 9.26. The summed E-state index contributed by atoms with van der Waals surface area (Å²) in [5.41, 5.74) is 8.70. The van der Waals surface area contributed by atoms with Crippen molar-refractivity contribution in [2.24, 2.45) is 5.73 Å². The molecular weight excluding hydrogens is 232 g/mol. The van der Waals surface area contributed by atoms with Gasteiger partial charge in [0.2, 0.25) is 0 Å². The van der Waals surface area contributed by atoms with Crippen LogP contribution in [0.25, 0.3) is 0 Å². The summed E-state index contributed by atoms with van der Waals surface area (Å²) in [5, 5.41) is 0. The van der Waals surface area contributed by atoms with Crippen LogP contribution in [0.5, 0.6) is 0 Å². The van der Waals surface area contributed by atoms with Crippen LogP contribution in [0, 0.1) is 0 Å². The highest BCUT2D eigenvalue weighted by molar-refractivity contribution is 5.49. The molecule has 0 bridgehead atoms. The van der Waals surface area contributed by atoms with Gasteiger partial charge in [0, 0.05) is 24.3 Å². The van der Waals surface area contributed by atoms with Crippen molar-refractivity contribution in [1.29, 1.82) is 0 Å². The van der Waals surface area contributed by atoms with Crippen molar-refractivity contribution in [2.45, 2.75) is 64.5 Å². The van der Waals surface area contributed by atoms with E-state index in [1.54, 1.807) is 0 Å². The summed E-state index contributed by atoms with van der Waals surface area (Å²) in [4.78, 5) is 2.57. The van der Waals surface area contributed by atoms with E-state index in [0.717, 1.165) is 19.0 Å². The molecule has 0 aromatic heterocycles. The average Bonchev–Trinajstić information content (AvgIpc) is 2.49. The van der Waals surface area contributed by atoms with E-state index in [2.05, 4.69) is 43.0 Å². The smallest absolute Gasteiger partial charge is 0.0368 e. The van der Waals surface area contributed by atoms with Crippen molar-refractivity contribution in [3.63, 3.8) is 0 Å². The molecule has 1 aromatic rings. The Hall–Kier alpha value is -1.02. The molecule has 0 unspecified atom stereocenters. The number of hydrogen-bond donors (Lipinski definition) is 1. The molecule has 2 rings (SSSR count). The first kappa shape index (κ1) is 14.4. The Morgan fingerprint density at radius 3 is 2.26 bits per heavy atom. The molecule has 1 atom stereocenters. The summed E-state index contributed by atoms with van der Waals surface area (Å²) in [5.74, 6) is 0. The highest BCUT2D eigenvalue weighted by Gasteiger charge is 2.20. The van der Waals surface area contributed by atoms with E-state index in [1.165, 1.54) is 43.4 Å².